The van der Waals surface area contributed by atoms with Crippen molar-refractivity contribution >= 4 is 79.1 Å². The van der Waals surface area contributed by atoms with Crippen molar-refractivity contribution in [3.63, 3.8) is 0 Å². The number of rotatable bonds is 5. The van der Waals surface area contributed by atoms with E-state index < -0.39 is 0 Å². The topological polar surface area (TPSA) is 54.8 Å². The number of para-hydroxylation sites is 1. The van der Waals surface area contributed by atoms with Crippen molar-refractivity contribution in [2.75, 3.05) is 12.0 Å². The van der Waals surface area contributed by atoms with Crippen molar-refractivity contribution < 1.29 is 9.53 Å². The van der Waals surface area contributed by atoms with Gasteiger partial charge in [-0.1, -0.05) is 41.6 Å². The van der Waals surface area contributed by atoms with Crippen LogP contribution in [-0.2, 0) is 10.5 Å². The number of thiophene rings is 1. The molecule has 1 amide bonds. The van der Waals surface area contributed by atoms with E-state index in [9.17, 15) is 4.79 Å². The number of fused-ring (bicyclic) bond motifs is 1. The standard InChI is InChI=1S/C23H16ClN3O2S3/c1-29-19-9-8-14(11-16(19)24)27-22(28)18(12-15-5-4-10-30-15)26-23(27)31-13-21-25-17-6-2-3-7-20(17)32-21/h2-12H,13H2,1H3/b18-12+. The molecule has 1 aliphatic heterocycles. The van der Waals surface area contributed by atoms with Gasteiger partial charge in [-0.2, -0.15) is 0 Å². The maximum absolute atomic E-state index is 13.3. The monoisotopic (exact) mass is 497 g/mol. The minimum Gasteiger partial charge on any atom is -0.495 e. The van der Waals surface area contributed by atoms with Crippen molar-refractivity contribution in [2.24, 2.45) is 4.99 Å². The van der Waals surface area contributed by atoms with Gasteiger partial charge in [0.25, 0.3) is 5.91 Å². The summed E-state index contributed by atoms with van der Waals surface area (Å²) < 4.78 is 6.40. The van der Waals surface area contributed by atoms with Gasteiger partial charge in [-0.25, -0.2) is 9.98 Å². The number of amidine groups is 1. The van der Waals surface area contributed by atoms with Crippen molar-refractivity contribution in [1.29, 1.82) is 0 Å². The summed E-state index contributed by atoms with van der Waals surface area (Å²) in [7, 11) is 1.56. The first kappa shape index (κ1) is 21.2. The third-order valence-corrected chi connectivity index (χ3v) is 7.99. The van der Waals surface area contributed by atoms with Gasteiger partial charge in [0.1, 0.15) is 16.5 Å². The lowest BCUT2D eigenvalue weighted by molar-refractivity contribution is -0.113. The molecular formula is C23H16ClN3O2S3. The second-order valence-electron chi connectivity index (χ2n) is 6.76. The third-order valence-electron chi connectivity index (χ3n) is 4.71. The molecule has 0 fully saturated rings. The number of hydrogen-bond donors (Lipinski definition) is 0. The summed E-state index contributed by atoms with van der Waals surface area (Å²) in [4.78, 5) is 25.2. The Labute approximate surface area is 202 Å². The number of thiazole rings is 1. The molecule has 0 N–H and O–H groups in total. The maximum atomic E-state index is 13.3. The number of aliphatic imine (C=N–C) groups is 1. The Morgan fingerprint density at radius 3 is 2.81 bits per heavy atom. The molecule has 0 unspecified atom stereocenters. The molecule has 5 rings (SSSR count). The molecule has 160 valence electrons. The number of amides is 1. The largest absolute Gasteiger partial charge is 0.495 e. The molecule has 0 saturated carbocycles. The average molecular weight is 498 g/mol. The van der Waals surface area contributed by atoms with Crippen LogP contribution in [0.15, 0.2) is 70.7 Å². The fraction of sp³-hybridized carbons (Fsp3) is 0.0870. The van der Waals surface area contributed by atoms with Crippen LogP contribution in [0.25, 0.3) is 16.3 Å². The molecule has 4 aromatic rings. The Kier molecular flexibility index (Phi) is 6.01. The van der Waals surface area contributed by atoms with Crippen LogP contribution in [0.4, 0.5) is 5.69 Å². The summed E-state index contributed by atoms with van der Waals surface area (Å²) in [6.45, 7) is 0. The van der Waals surface area contributed by atoms with Gasteiger partial charge in [-0.05, 0) is 47.9 Å². The Morgan fingerprint density at radius 1 is 1.19 bits per heavy atom. The minimum absolute atomic E-state index is 0.188. The van der Waals surface area contributed by atoms with Gasteiger partial charge in [0.05, 0.1) is 33.8 Å². The molecule has 1 aliphatic rings. The number of thioether (sulfide) groups is 1. The second kappa shape index (κ2) is 9.07. The normalized spacial score (nSPS) is 15.1. The molecule has 9 heteroatoms. The Morgan fingerprint density at radius 2 is 2.06 bits per heavy atom. The maximum Gasteiger partial charge on any atom is 0.283 e. The molecule has 5 nitrogen and oxygen atoms in total. The molecular weight excluding hydrogens is 482 g/mol. The Hall–Kier alpha value is -2.65. The van der Waals surface area contributed by atoms with E-state index in [-0.39, 0.29) is 5.91 Å². The zero-order chi connectivity index (χ0) is 22.1. The van der Waals surface area contributed by atoms with E-state index in [0.717, 1.165) is 20.1 Å². The van der Waals surface area contributed by atoms with E-state index in [1.165, 1.54) is 11.8 Å². The van der Waals surface area contributed by atoms with Gasteiger partial charge in [0.15, 0.2) is 5.17 Å². The van der Waals surface area contributed by atoms with Gasteiger partial charge < -0.3 is 4.74 Å². The van der Waals surface area contributed by atoms with E-state index in [2.05, 4.69) is 11.1 Å². The van der Waals surface area contributed by atoms with Gasteiger partial charge in [0.2, 0.25) is 0 Å². The smallest absolute Gasteiger partial charge is 0.283 e. The molecule has 0 spiro atoms. The van der Waals surface area contributed by atoms with E-state index in [4.69, 9.17) is 21.3 Å². The molecule has 2 aromatic carbocycles. The summed E-state index contributed by atoms with van der Waals surface area (Å²) >= 11 is 11.0. The number of halogens is 1. The summed E-state index contributed by atoms with van der Waals surface area (Å²) in [5.41, 5.74) is 2.02. The fourth-order valence-corrected chi connectivity index (χ4v) is 6.11. The molecule has 0 saturated heterocycles. The number of benzene rings is 2. The predicted molar refractivity (Wildman–Crippen MR) is 136 cm³/mol. The van der Waals surface area contributed by atoms with Crippen LogP contribution in [0.3, 0.4) is 0 Å². The van der Waals surface area contributed by atoms with Gasteiger partial charge in [-0.3, -0.25) is 9.69 Å². The highest BCUT2D eigenvalue weighted by molar-refractivity contribution is 8.13. The summed E-state index contributed by atoms with van der Waals surface area (Å²) in [5, 5.41) is 3.98. The zero-order valence-electron chi connectivity index (χ0n) is 16.8. The van der Waals surface area contributed by atoms with Crippen LogP contribution in [-0.4, -0.2) is 23.2 Å². The fourth-order valence-electron chi connectivity index (χ4n) is 3.23. The number of anilines is 1. The lowest BCUT2D eigenvalue weighted by Crippen LogP contribution is -2.30. The molecule has 0 radical (unpaired) electrons. The van der Waals surface area contributed by atoms with Crippen LogP contribution < -0.4 is 9.64 Å². The number of hydrogen-bond acceptors (Lipinski definition) is 7. The number of ether oxygens (including phenoxy) is 1. The lowest BCUT2D eigenvalue weighted by atomic mass is 10.2. The summed E-state index contributed by atoms with van der Waals surface area (Å²) in [6, 6.07) is 17.2. The van der Waals surface area contributed by atoms with E-state index in [1.807, 2.05) is 47.9 Å². The van der Waals surface area contributed by atoms with Gasteiger partial charge in [0, 0.05) is 4.88 Å². The quantitative estimate of drug-likeness (QED) is 0.288. The first-order valence-corrected chi connectivity index (χ1v) is 12.7. The van der Waals surface area contributed by atoms with Crippen molar-refractivity contribution in [2.45, 2.75) is 5.75 Å². The highest BCUT2D eigenvalue weighted by Gasteiger charge is 2.32. The number of carbonyl (C=O) groups excluding carboxylic acids is 1. The van der Waals surface area contributed by atoms with E-state index >= 15 is 0 Å². The van der Waals surface area contributed by atoms with Crippen LogP contribution >= 0.6 is 46.0 Å². The SMILES string of the molecule is COc1ccc(N2C(=O)/C(=C\c3cccs3)N=C2SCc2nc3ccccc3s2)cc1Cl. The van der Waals surface area contributed by atoms with Crippen molar-refractivity contribution in [3.8, 4) is 5.75 Å². The van der Waals surface area contributed by atoms with Crippen LogP contribution in [0.1, 0.15) is 9.88 Å². The average Bonchev–Trinajstić information content (AvgIpc) is 3.52. The Bertz CT molecular complexity index is 1330. The van der Waals surface area contributed by atoms with Crippen LogP contribution in [0.5, 0.6) is 5.75 Å². The molecule has 0 bridgehead atoms. The molecule has 0 aliphatic carbocycles. The van der Waals surface area contributed by atoms with Crippen LogP contribution in [0, 0.1) is 0 Å². The van der Waals surface area contributed by atoms with Gasteiger partial charge in [-0.15, -0.1) is 22.7 Å². The lowest BCUT2D eigenvalue weighted by Gasteiger charge is -2.18. The van der Waals surface area contributed by atoms with Crippen molar-refractivity contribution in [1.82, 2.24) is 4.98 Å². The highest BCUT2D eigenvalue weighted by Crippen LogP contribution is 2.36. The second-order valence-corrected chi connectivity index (χ2v) is 10.2. The summed E-state index contributed by atoms with van der Waals surface area (Å²) in [6.07, 6.45) is 1.82. The first-order valence-electron chi connectivity index (χ1n) is 9.61. The van der Waals surface area contributed by atoms with Gasteiger partial charge >= 0.3 is 0 Å². The first-order chi connectivity index (χ1) is 15.6. The Balaban J connectivity index is 1.47. The van der Waals surface area contributed by atoms with E-state index in [1.54, 1.807) is 46.8 Å². The zero-order valence-corrected chi connectivity index (χ0v) is 20.0. The van der Waals surface area contributed by atoms with Crippen LogP contribution in [0.2, 0.25) is 5.02 Å². The van der Waals surface area contributed by atoms with E-state index in [0.29, 0.717) is 33.1 Å². The number of carbonyl (C=O) groups is 1. The summed E-state index contributed by atoms with van der Waals surface area (Å²) in [5.74, 6) is 0.974. The third kappa shape index (κ3) is 4.19. The number of methoxy groups -OCH3 is 1. The minimum atomic E-state index is -0.188. The molecule has 0 atom stereocenters. The molecule has 2 aromatic heterocycles. The number of nitrogens with zero attached hydrogens (tertiary/aromatic N) is 3. The molecule has 32 heavy (non-hydrogen) atoms. The van der Waals surface area contributed by atoms with Crippen molar-refractivity contribution in [3.05, 3.63) is 80.6 Å². The highest BCUT2D eigenvalue weighted by atomic mass is 35.5. The number of aromatic nitrogens is 1. The molecule has 3 heterocycles. The predicted octanol–water partition coefficient (Wildman–Crippen LogP) is 6.70.